The van der Waals surface area contributed by atoms with Gasteiger partial charge in [-0.15, -0.1) is 12.7 Å². The minimum atomic E-state index is -2.39. The Morgan fingerprint density at radius 2 is 0.805 bits per heavy atom. The van der Waals surface area contributed by atoms with Crippen LogP contribution in [0.4, 0.5) is 5.69 Å². The Morgan fingerprint density at radius 1 is 0.439 bits per heavy atom. The van der Waals surface area contributed by atoms with E-state index >= 15 is 0 Å². The van der Waals surface area contributed by atoms with Crippen LogP contribution in [-0.4, -0.2) is 5.29 Å². The molecular formula is C38H31NPRh-. The first-order valence-corrected chi connectivity index (χ1v) is 15.8. The summed E-state index contributed by atoms with van der Waals surface area (Å²) in [7, 11) is -2.39. The largest absolute Gasteiger partial charge is 0.652 e. The molecule has 1 radical (unpaired) electrons. The molecule has 0 saturated carbocycles. The second-order valence-corrected chi connectivity index (χ2v) is 13.5. The van der Waals surface area contributed by atoms with Gasteiger partial charge in [0.2, 0.25) is 0 Å². The van der Waals surface area contributed by atoms with E-state index in [9.17, 15) is 0 Å². The van der Waals surface area contributed by atoms with Gasteiger partial charge in [-0.05, 0) is 56.4 Å². The van der Waals surface area contributed by atoms with Crippen molar-refractivity contribution in [2.75, 3.05) is 0 Å². The second-order valence-electron chi connectivity index (χ2n) is 10.5. The zero-order chi connectivity index (χ0) is 26.8. The molecule has 0 aromatic heterocycles. The average molecular weight is 636 g/mol. The molecule has 0 fully saturated rings. The molecule has 3 aliphatic rings. The van der Waals surface area contributed by atoms with Gasteiger partial charge in [0.25, 0.3) is 0 Å². The quantitative estimate of drug-likeness (QED) is 0.104. The minimum Gasteiger partial charge on any atom is -0.652 e. The van der Waals surface area contributed by atoms with Crippen LogP contribution >= 0.6 is 7.04 Å². The molecule has 3 heteroatoms. The fourth-order valence-corrected chi connectivity index (χ4v) is 10.1. The Balaban J connectivity index is 0.000000328. The van der Waals surface area contributed by atoms with Gasteiger partial charge >= 0.3 is 0 Å². The van der Waals surface area contributed by atoms with Crippen LogP contribution in [0.2, 0.25) is 0 Å². The van der Waals surface area contributed by atoms with Crippen LogP contribution in [0, 0.1) is 11.8 Å². The van der Waals surface area contributed by atoms with Gasteiger partial charge < -0.3 is 5.09 Å². The maximum Gasteiger partial charge on any atom is 0 e. The molecule has 2 bridgehead atoms. The summed E-state index contributed by atoms with van der Waals surface area (Å²) in [5.41, 5.74) is 6.18. The van der Waals surface area contributed by atoms with E-state index in [1.807, 2.05) is 0 Å². The van der Waals surface area contributed by atoms with Crippen molar-refractivity contribution in [1.29, 1.82) is 0 Å². The van der Waals surface area contributed by atoms with Crippen molar-refractivity contribution in [3.63, 3.8) is 0 Å². The number of nitrogens with zero attached hydrogens (tertiary/aromatic N) is 1. The predicted octanol–water partition coefficient (Wildman–Crippen LogP) is 9.27. The van der Waals surface area contributed by atoms with Crippen LogP contribution in [-0.2, 0) is 19.5 Å². The summed E-state index contributed by atoms with van der Waals surface area (Å²) in [6.45, 7) is 0. The first-order valence-electron chi connectivity index (χ1n) is 14.0. The molecule has 5 aromatic rings. The van der Waals surface area contributed by atoms with E-state index in [0.717, 1.165) is 17.5 Å². The summed E-state index contributed by atoms with van der Waals surface area (Å²) >= 11 is 0. The first-order chi connectivity index (χ1) is 19.8. The van der Waals surface area contributed by atoms with Crippen molar-refractivity contribution >= 4 is 28.6 Å². The summed E-state index contributed by atoms with van der Waals surface area (Å²) in [4.78, 5) is 0. The van der Waals surface area contributed by atoms with Crippen molar-refractivity contribution < 1.29 is 19.5 Å². The molecular weight excluding hydrogens is 604 g/mol. The van der Waals surface area contributed by atoms with E-state index in [0.29, 0.717) is 0 Å². The monoisotopic (exact) mass is 635 g/mol. The summed E-state index contributed by atoms with van der Waals surface area (Å²) < 4.78 is 0. The summed E-state index contributed by atoms with van der Waals surface area (Å²) in [5.74, 6) is 1.62. The molecule has 0 spiro atoms. The molecule has 0 aliphatic heterocycles. The standard InChI is InChI=1S/C31H23NP.C7H8.Rh/c1-4-14-24(15-5-1)32-33(25-16-6-2-7-17-25,26-18-8-3-9-19-26)31-29-22-12-10-20-27(29)28-21-11-13-23-30(28)31;1-2-7-4-3-6(1)5-7;/h1-23H;1-4,6-7H,5H2;/q-1;;. The van der Waals surface area contributed by atoms with E-state index in [1.54, 1.807) is 0 Å². The number of fused-ring (bicyclic) bond motifs is 5. The Kier molecular flexibility index (Phi) is 8.07. The van der Waals surface area contributed by atoms with Crippen molar-refractivity contribution in [1.82, 2.24) is 0 Å². The van der Waals surface area contributed by atoms with Gasteiger partial charge in [-0.3, -0.25) is 0 Å². The molecule has 0 unspecified atom stereocenters. The third-order valence-corrected chi connectivity index (χ3v) is 11.8. The van der Waals surface area contributed by atoms with Gasteiger partial charge in [0.15, 0.2) is 0 Å². The fraction of sp³-hybridized carbons (Fsp3) is 0.0789. The Hall–Kier alpha value is -3.70. The molecule has 0 amide bonds. The molecule has 0 N–H and O–H groups in total. The summed E-state index contributed by atoms with van der Waals surface area (Å²) in [6.07, 6.45) is 10.5. The molecule has 3 aliphatic carbocycles. The number of allylic oxidation sites excluding steroid dienone is 4. The molecule has 41 heavy (non-hydrogen) atoms. The van der Waals surface area contributed by atoms with Gasteiger partial charge in [-0.2, -0.15) is 0 Å². The van der Waals surface area contributed by atoms with Crippen LogP contribution in [0.5, 0.6) is 0 Å². The minimum absolute atomic E-state index is 0. The maximum absolute atomic E-state index is 5.68. The molecule has 0 atom stereocenters. The molecule has 5 aromatic carbocycles. The fourth-order valence-electron chi connectivity index (χ4n) is 6.20. The zero-order valence-electron chi connectivity index (χ0n) is 22.7. The predicted molar refractivity (Wildman–Crippen MR) is 173 cm³/mol. The van der Waals surface area contributed by atoms with Gasteiger partial charge in [-0.1, -0.05) is 164 Å². The number of hydrogen-bond donors (Lipinski definition) is 0. The number of rotatable bonds is 4. The third-order valence-electron chi connectivity index (χ3n) is 8.01. The summed E-state index contributed by atoms with van der Waals surface area (Å²) in [5, 5.41) is 9.56. The zero-order valence-corrected chi connectivity index (χ0v) is 25.2. The van der Waals surface area contributed by atoms with Crippen molar-refractivity contribution in [3.05, 3.63) is 180 Å². The van der Waals surface area contributed by atoms with E-state index < -0.39 is 7.04 Å². The number of benzene rings is 5. The molecule has 203 valence electrons. The van der Waals surface area contributed by atoms with Crippen LogP contribution < -0.4 is 10.6 Å². The average Bonchev–Trinajstić information content (AvgIpc) is 3.77. The third kappa shape index (κ3) is 5.12. The van der Waals surface area contributed by atoms with E-state index in [2.05, 4.69) is 164 Å². The smallest absolute Gasteiger partial charge is 0 e. The molecule has 8 rings (SSSR count). The Morgan fingerprint density at radius 3 is 1.20 bits per heavy atom. The molecule has 0 heterocycles. The Bertz CT molecular complexity index is 1640. The normalized spacial score (nSPS) is 17.2. The van der Waals surface area contributed by atoms with Gasteiger partial charge in [0.05, 0.1) is 0 Å². The number of hydrogen-bond acceptors (Lipinski definition) is 0. The van der Waals surface area contributed by atoms with Crippen molar-refractivity contribution in [2.24, 2.45) is 11.8 Å². The Labute approximate surface area is 256 Å². The topological polar surface area (TPSA) is 14.1 Å². The van der Waals surface area contributed by atoms with Crippen molar-refractivity contribution in [2.45, 2.75) is 6.42 Å². The maximum atomic E-state index is 5.68. The molecule has 1 nitrogen and oxygen atoms in total. The van der Waals surface area contributed by atoms with Crippen LogP contribution in [0.25, 0.3) is 16.2 Å². The van der Waals surface area contributed by atoms with Crippen LogP contribution in [0.15, 0.2) is 164 Å². The van der Waals surface area contributed by atoms with Crippen molar-refractivity contribution in [3.8, 4) is 11.1 Å². The van der Waals surface area contributed by atoms with Gasteiger partial charge in [0, 0.05) is 19.5 Å². The van der Waals surface area contributed by atoms with Gasteiger partial charge in [-0.25, -0.2) is 0 Å². The van der Waals surface area contributed by atoms with Gasteiger partial charge in [0.1, 0.15) is 0 Å². The SMILES string of the molecule is C1=CC2C=CC1C2.[Rh].c1ccc([N-]P(=C2c3ccccc3-c3ccccc32)(c2ccccc2)c2ccccc2)cc1. The summed E-state index contributed by atoms with van der Waals surface area (Å²) in [6, 6.07) is 49.8. The van der Waals surface area contributed by atoms with Crippen LogP contribution in [0.3, 0.4) is 0 Å². The van der Waals surface area contributed by atoms with E-state index in [-0.39, 0.29) is 19.5 Å². The molecule has 0 saturated heterocycles. The first kappa shape index (κ1) is 27.5. The second kappa shape index (κ2) is 12.0. The van der Waals surface area contributed by atoms with E-state index in [1.165, 1.54) is 44.6 Å². The van der Waals surface area contributed by atoms with Crippen LogP contribution in [0.1, 0.15) is 17.5 Å². The van der Waals surface area contributed by atoms with E-state index in [4.69, 9.17) is 5.09 Å².